The predicted octanol–water partition coefficient (Wildman–Crippen LogP) is 34.3. The summed E-state index contributed by atoms with van der Waals surface area (Å²) >= 11 is 0. The van der Waals surface area contributed by atoms with Crippen molar-refractivity contribution in [3.63, 3.8) is 0 Å². The monoisotopic (exact) mass is 1920 g/mol. The van der Waals surface area contributed by atoms with E-state index in [-0.39, 0.29) is 25.7 Å². The molecule has 0 saturated carbocycles. The first-order valence-corrected chi connectivity index (χ1v) is 54.6. The molecule has 8 N–H and O–H groups in total. The number of hydrogen-bond acceptors (Lipinski definition) is 12. The van der Waals surface area contributed by atoms with Gasteiger partial charge in [0, 0.05) is 116 Å². The molecule has 8 aromatic rings. The van der Waals surface area contributed by atoms with E-state index in [1.165, 1.54) is 205 Å². The standard InChI is InChI=1S/C120H176N8O12/c1-13-22-31-39-48-89(49-40-32-23-14-2)85-137-109-64-56-101(57-65-109)121-117(129)125-105-77-93-73-95-79-106(126-118(130)122-102-58-66-110(67-59-102)138-86-90(50-41-33-24-15-3)51-42-34-25-16-4)81-97(114(95)134-11)75-99-83-108(128-120(132)124-104-62-70-112(71-63-104)140-88-92(54-45-37-28-19-7)55-46-38-29-20-8)84-100(116(99)136-72-47-30-21-9)76-98-82-107(80-96(115(98)135-12)74-94(78-105)113(93)133-10)127-119(131)123-103-60-68-111(69-61-103)139-87-91(52-43-35-26-17-5)53-44-36-27-18-6/h56-71,77-84,89-92H,13-55,72-76,85-88H2,1-12H3,(H2,121,125,129)(H2,122,126,130)(H2,123,127,131)(H2,124,128,132). The number of carbonyl (C=O) groups excluding carboxylic acids is 4. The molecule has 9 rings (SSSR count). The summed E-state index contributed by atoms with van der Waals surface area (Å²) in [6.45, 7) is 23.1. The van der Waals surface area contributed by atoms with Crippen molar-refractivity contribution in [1.82, 2.24) is 0 Å². The van der Waals surface area contributed by atoms with E-state index in [0.29, 0.717) is 170 Å². The van der Waals surface area contributed by atoms with E-state index >= 15 is 0 Å². The Morgan fingerprint density at radius 3 is 0.564 bits per heavy atom. The summed E-state index contributed by atoms with van der Waals surface area (Å²) in [5, 5.41) is 25.4. The molecule has 0 fully saturated rings. The number of amides is 8. The molecule has 0 radical (unpaired) electrons. The number of benzene rings is 8. The zero-order valence-corrected chi connectivity index (χ0v) is 87.8. The van der Waals surface area contributed by atoms with Crippen LogP contribution < -0.4 is 80.4 Å². The lowest BCUT2D eigenvalue weighted by Crippen LogP contribution is -2.21. The summed E-state index contributed by atoms with van der Waals surface area (Å²) in [5.74, 6) is 7.02. The second-order valence-corrected chi connectivity index (χ2v) is 39.3. The first-order chi connectivity index (χ1) is 68.5. The average Bonchev–Trinajstić information content (AvgIpc) is 0.771. The Hall–Kier alpha value is -10.8. The second-order valence-electron chi connectivity index (χ2n) is 39.3. The fraction of sp³-hybridized carbons (Fsp3) is 0.567. The van der Waals surface area contributed by atoms with Crippen molar-refractivity contribution in [3.8, 4) is 46.0 Å². The van der Waals surface area contributed by atoms with Crippen LogP contribution in [0.15, 0.2) is 146 Å². The quantitative estimate of drug-likeness (QED) is 0.0166. The molecule has 0 spiro atoms. The topological polar surface area (TPSA) is 238 Å². The van der Waals surface area contributed by atoms with Gasteiger partial charge in [-0.15, -0.1) is 0 Å². The summed E-state index contributed by atoms with van der Waals surface area (Å²) in [4.78, 5) is 59.4. The number of carbonyl (C=O) groups is 4. The van der Waals surface area contributed by atoms with E-state index < -0.39 is 24.1 Å². The van der Waals surface area contributed by atoms with Gasteiger partial charge in [0.1, 0.15) is 46.0 Å². The van der Waals surface area contributed by atoms with Crippen LogP contribution in [0.1, 0.15) is 383 Å². The number of rotatable bonds is 68. The van der Waals surface area contributed by atoms with Crippen molar-refractivity contribution < 1.29 is 57.1 Å². The van der Waals surface area contributed by atoms with Gasteiger partial charge in [-0.05, 0) is 227 Å². The summed E-state index contributed by atoms with van der Waals surface area (Å²) in [6.07, 6.45) is 51.5. The van der Waals surface area contributed by atoms with Gasteiger partial charge in [-0.1, -0.05) is 281 Å². The maximum absolute atomic E-state index is 14.9. The minimum absolute atomic E-state index is 0.148. The molecule has 20 heteroatoms. The maximum atomic E-state index is 14.9. The fourth-order valence-corrected chi connectivity index (χ4v) is 19.4. The number of methoxy groups -OCH3 is 3. The van der Waals surface area contributed by atoms with Crippen LogP contribution in [-0.4, -0.2) is 78.5 Å². The molecule has 1 aliphatic rings. The SMILES string of the molecule is CCCCCCC(CCCCCC)COc1ccc(NC(=O)Nc2cc3c(OC)c(c2)Cc2cc(NC(=O)Nc4ccc(OCC(CCCCCC)CCCCCC)cc4)cc(c2OC)Cc2cc(NC(=O)Nc4ccc(OCC(CCCCCC)CCCCCC)cc4)cc(c2OCCCCC)Cc2cc(NC(=O)Nc4ccc(OCC(CCCCCC)CCCCCC)cc4)cc(c2OC)C3)cc1. The van der Waals surface area contributed by atoms with E-state index in [0.717, 1.165) is 93.6 Å². The van der Waals surface area contributed by atoms with Gasteiger partial charge in [0.15, 0.2) is 0 Å². The van der Waals surface area contributed by atoms with Gasteiger partial charge in [-0.2, -0.15) is 0 Å². The summed E-state index contributed by atoms with van der Waals surface area (Å²) < 4.78 is 53.2. The molecule has 0 aromatic heterocycles. The number of fused-ring (bicyclic) bond motifs is 8. The van der Waals surface area contributed by atoms with Crippen molar-refractivity contribution >= 4 is 69.6 Å². The summed E-state index contributed by atoms with van der Waals surface area (Å²) in [7, 11) is 4.94. The molecule has 0 unspecified atom stereocenters. The van der Waals surface area contributed by atoms with Gasteiger partial charge in [-0.3, -0.25) is 0 Å². The van der Waals surface area contributed by atoms with Gasteiger partial charge in [0.25, 0.3) is 0 Å². The minimum atomic E-state index is -0.481. The van der Waals surface area contributed by atoms with Crippen molar-refractivity contribution in [2.24, 2.45) is 23.7 Å². The molecular formula is C120H176N8O12. The second kappa shape index (κ2) is 66.1. The number of unbranched alkanes of at least 4 members (excludes halogenated alkanes) is 26. The van der Waals surface area contributed by atoms with Crippen LogP contribution in [0.3, 0.4) is 0 Å². The van der Waals surface area contributed by atoms with Gasteiger partial charge in [0.05, 0.1) is 54.4 Å². The number of urea groups is 4. The highest BCUT2D eigenvalue weighted by Gasteiger charge is 2.28. The molecule has 1 aliphatic carbocycles. The van der Waals surface area contributed by atoms with Crippen molar-refractivity contribution in [1.29, 1.82) is 0 Å². The Balaban J connectivity index is 1.13. The minimum Gasteiger partial charge on any atom is -0.496 e. The molecule has 0 aliphatic heterocycles. The zero-order chi connectivity index (χ0) is 99.5. The molecule has 8 amide bonds. The van der Waals surface area contributed by atoms with E-state index in [9.17, 15) is 19.2 Å². The van der Waals surface area contributed by atoms with Crippen LogP contribution in [0.4, 0.5) is 64.7 Å². The van der Waals surface area contributed by atoms with Crippen LogP contribution in [0.2, 0.25) is 0 Å². The molecule has 0 atom stereocenters. The first kappa shape index (κ1) is 113. The zero-order valence-electron chi connectivity index (χ0n) is 87.8. The van der Waals surface area contributed by atoms with E-state index in [2.05, 4.69) is 105 Å². The Bertz CT molecular complexity index is 4600. The number of hydrogen-bond donors (Lipinski definition) is 8. The van der Waals surface area contributed by atoms with Crippen molar-refractivity contribution in [2.45, 2.75) is 364 Å². The molecule has 8 bridgehead atoms. The molecule has 8 aromatic carbocycles. The average molecular weight is 1920 g/mol. The molecular weight excluding hydrogens is 1750 g/mol. The van der Waals surface area contributed by atoms with Crippen LogP contribution >= 0.6 is 0 Å². The van der Waals surface area contributed by atoms with Gasteiger partial charge in [-0.25, -0.2) is 19.2 Å². The molecule has 0 saturated heterocycles. The molecule has 768 valence electrons. The third-order valence-corrected chi connectivity index (χ3v) is 27.3. The Kier molecular flexibility index (Phi) is 53.3. The van der Waals surface area contributed by atoms with E-state index in [1.807, 2.05) is 146 Å². The van der Waals surface area contributed by atoms with E-state index in [1.54, 1.807) is 21.3 Å². The Morgan fingerprint density at radius 1 is 0.214 bits per heavy atom. The Morgan fingerprint density at radius 2 is 0.386 bits per heavy atom. The van der Waals surface area contributed by atoms with Crippen LogP contribution in [-0.2, 0) is 25.7 Å². The maximum Gasteiger partial charge on any atom is 0.323 e. The van der Waals surface area contributed by atoms with Crippen molar-refractivity contribution in [3.05, 3.63) is 190 Å². The third kappa shape index (κ3) is 41.4. The summed E-state index contributed by atoms with van der Waals surface area (Å²) in [5.41, 5.74) is 9.60. The van der Waals surface area contributed by atoms with Crippen LogP contribution in [0, 0.1) is 23.7 Å². The number of anilines is 8. The Labute approximate surface area is 842 Å². The highest BCUT2D eigenvalue weighted by Crippen LogP contribution is 2.44. The fourth-order valence-electron chi connectivity index (χ4n) is 19.4. The molecule has 0 heterocycles. The lowest BCUT2D eigenvalue weighted by atomic mass is 9.90. The number of ether oxygens (including phenoxy) is 8. The van der Waals surface area contributed by atoms with Crippen LogP contribution in [0.5, 0.6) is 46.0 Å². The highest BCUT2D eigenvalue weighted by molar-refractivity contribution is 6.02. The normalized spacial score (nSPS) is 11.8. The highest BCUT2D eigenvalue weighted by atomic mass is 16.5. The first-order valence-electron chi connectivity index (χ1n) is 54.6. The smallest absolute Gasteiger partial charge is 0.323 e. The van der Waals surface area contributed by atoms with Crippen molar-refractivity contribution in [2.75, 3.05) is 96.9 Å². The lowest BCUT2D eigenvalue weighted by Gasteiger charge is -2.24. The summed E-state index contributed by atoms with van der Waals surface area (Å²) in [6, 6.07) is 43.8. The predicted molar refractivity (Wildman–Crippen MR) is 584 cm³/mol. The van der Waals surface area contributed by atoms with Gasteiger partial charge < -0.3 is 80.4 Å². The van der Waals surface area contributed by atoms with Gasteiger partial charge in [0.2, 0.25) is 0 Å². The van der Waals surface area contributed by atoms with Crippen LogP contribution in [0.25, 0.3) is 0 Å². The van der Waals surface area contributed by atoms with E-state index in [4.69, 9.17) is 37.9 Å². The molecule has 140 heavy (non-hydrogen) atoms. The molecule has 20 nitrogen and oxygen atoms in total. The van der Waals surface area contributed by atoms with Gasteiger partial charge >= 0.3 is 24.1 Å². The number of nitrogens with one attached hydrogen (secondary N) is 8. The lowest BCUT2D eigenvalue weighted by molar-refractivity contribution is 0.224. The third-order valence-electron chi connectivity index (χ3n) is 27.3. The largest absolute Gasteiger partial charge is 0.496 e.